The van der Waals surface area contributed by atoms with Gasteiger partial charge < -0.3 is 15.8 Å². The molecule has 5 heteroatoms. The van der Waals surface area contributed by atoms with Gasteiger partial charge in [-0.1, -0.05) is 13.8 Å². The van der Waals surface area contributed by atoms with E-state index in [9.17, 15) is 4.79 Å². The van der Waals surface area contributed by atoms with Crippen LogP contribution in [0, 0.1) is 0 Å². The normalized spacial score (nSPS) is 10.6. The molecule has 2 rings (SSSR count). The Balaban J connectivity index is 2.05. The minimum Gasteiger partial charge on any atom is -0.456 e. The number of nitrogens with zero attached hydrogens (tertiary/aromatic N) is 1. The van der Waals surface area contributed by atoms with Crippen LogP contribution >= 0.6 is 0 Å². The van der Waals surface area contributed by atoms with Crippen LogP contribution in [0.1, 0.15) is 29.8 Å². The first-order valence-electron chi connectivity index (χ1n) is 6.79. The maximum atomic E-state index is 11.0. The number of carbonyl (C=O) groups excluding carboxylic acids is 1. The molecule has 0 aliphatic carbocycles. The Kier molecular flexibility index (Phi) is 4.90. The van der Waals surface area contributed by atoms with Gasteiger partial charge in [0.05, 0.1) is 6.20 Å². The van der Waals surface area contributed by atoms with Crippen molar-refractivity contribution in [3.8, 4) is 11.5 Å². The van der Waals surface area contributed by atoms with E-state index in [-0.39, 0.29) is 0 Å². The highest BCUT2D eigenvalue weighted by atomic mass is 16.5. The van der Waals surface area contributed by atoms with Crippen LogP contribution in [0.25, 0.3) is 0 Å². The molecule has 5 nitrogen and oxygen atoms in total. The number of amides is 1. The highest BCUT2D eigenvalue weighted by molar-refractivity contribution is 5.92. The molecule has 1 amide bonds. The van der Waals surface area contributed by atoms with E-state index in [1.165, 1.54) is 0 Å². The fourth-order valence-corrected chi connectivity index (χ4v) is 1.76. The van der Waals surface area contributed by atoms with Gasteiger partial charge in [0, 0.05) is 24.3 Å². The lowest BCUT2D eigenvalue weighted by molar-refractivity contribution is 0.100. The van der Waals surface area contributed by atoms with Gasteiger partial charge in [-0.05, 0) is 35.9 Å². The highest BCUT2D eigenvalue weighted by Crippen LogP contribution is 2.21. The third-order valence-corrected chi connectivity index (χ3v) is 2.86. The summed E-state index contributed by atoms with van der Waals surface area (Å²) in [6, 6.07) is 9.03. The Bertz CT molecular complexity index is 609. The first-order valence-corrected chi connectivity index (χ1v) is 6.79. The van der Waals surface area contributed by atoms with E-state index in [1.54, 1.807) is 36.7 Å². The fourth-order valence-electron chi connectivity index (χ4n) is 1.76. The van der Waals surface area contributed by atoms with Gasteiger partial charge >= 0.3 is 0 Å². The Morgan fingerprint density at radius 1 is 1.24 bits per heavy atom. The van der Waals surface area contributed by atoms with Crippen molar-refractivity contribution in [2.75, 3.05) is 0 Å². The van der Waals surface area contributed by atoms with Crippen molar-refractivity contribution >= 4 is 5.91 Å². The number of primary amides is 1. The van der Waals surface area contributed by atoms with Crippen molar-refractivity contribution in [2.45, 2.75) is 26.4 Å². The summed E-state index contributed by atoms with van der Waals surface area (Å²) in [5, 5.41) is 3.33. The van der Waals surface area contributed by atoms with E-state index in [2.05, 4.69) is 24.1 Å². The number of hydrogen-bond donors (Lipinski definition) is 2. The van der Waals surface area contributed by atoms with Crippen LogP contribution in [0.15, 0.2) is 42.7 Å². The molecular formula is C16H19N3O2. The maximum Gasteiger partial charge on any atom is 0.248 e. The average Bonchev–Trinajstić information content (AvgIpc) is 2.46. The molecule has 21 heavy (non-hydrogen) atoms. The van der Waals surface area contributed by atoms with Crippen LogP contribution in [0.3, 0.4) is 0 Å². The fraction of sp³-hybridized carbons (Fsp3) is 0.250. The molecule has 0 fully saturated rings. The molecule has 0 aliphatic rings. The van der Waals surface area contributed by atoms with Crippen LogP contribution in [0.5, 0.6) is 11.5 Å². The number of hydrogen-bond acceptors (Lipinski definition) is 4. The monoisotopic (exact) mass is 285 g/mol. The summed E-state index contributed by atoms with van der Waals surface area (Å²) in [7, 11) is 0. The summed E-state index contributed by atoms with van der Waals surface area (Å²) in [5.41, 5.74) is 6.70. The first kappa shape index (κ1) is 15.0. The second-order valence-corrected chi connectivity index (χ2v) is 5.06. The molecule has 1 heterocycles. The maximum absolute atomic E-state index is 11.0. The number of nitrogens with one attached hydrogen (secondary N) is 1. The lowest BCUT2D eigenvalue weighted by Gasteiger charge is -2.10. The second-order valence-electron chi connectivity index (χ2n) is 5.06. The summed E-state index contributed by atoms with van der Waals surface area (Å²) < 4.78 is 5.72. The van der Waals surface area contributed by atoms with Gasteiger partial charge in [0.2, 0.25) is 5.91 Å². The van der Waals surface area contributed by atoms with Crippen LogP contribution in [0.2, 0.25) is 0 Å². The third-order valence-electron chi connectivity index (χ3n) is 2.86. The standard InChI is InChI=1S/C16H19N3O2/c1-11(2)19-9-12-7-15(10-18-8-12)21-14-5-3-13(4-6-14)16(17)20/h3-8,10-11,19H,9H2,1-2H3,(H2,17,20). The van der Waals surface area contributed by atoms with Crippen LogP contribution in [-0.2, 0) is 6.54 Å². The van der Waals surface area contributed by atoms with Gasteiger partial charge in [0.25, 0.3) is 0 Å². The van der Waals surface area contributed by atoms with Crippen molar-refractivity contribution in [1.29, 1.82) is 0 Å². The van der Waals surface area contributed by atoms with Crippen LogP contribution < -0.4 is 15.8 Å². The summed E-state index contributed by atoms with van der Waals surface area (Å²) in [5.74, 6) is 0.839. The molecule has 0 saturated heterocycles. The minimum absolute atomic E-state index is 0.413. The van der Waals surface area contributed by atoms with E-state index in [0.29, 0.717) is 23.1 Å². The van der Waals surface area contributed by atoms with Crippen LogP contribution in [0.4, 0.5) is 0 Å². The van der Waals surface area contributed by atoms with E-state index < -0.39 is 5.91 Å². The molecule has 0 radical (unpaired) electrons. The smallest absolute Gasteiger partial charge is 0.248 e. The summed E-state index contributed by atoms with van der Waals surface area (Å²) in [6.45, 7) is 4.92. The minimum atomic E-state index is -0.454. The van der Waals surface area contributed by atoms with Crippen LogP contribution in [-0.4, -0.2) is 16.9 Å². The van der Waals surface area contributed by atoms with Crippen molar-refractivity contribution in [3.05, 3.63) is 53.9 Å². The van der Waals surface area contributed by atoms with Crippen molar-refractivity contribution in [1.82, 2.24) is 10.3 Å². The molecule has 0 saturated carbocycles. The predicted octanol–water partition coefficient (Wildman–Crippen LogP) is 2.47. The lowest BCUT2D eigenvalue weighted by atomic mass is 10.2. The van der Waals surface area contributed by atoms with E-state index in [0.717, 1.165) is 12.1 Å². The van der Waals surface area contributed by atoms with Gasteiger partial charge in [0.15, 0.2) is 0 Å². The van der Waals surface area contributed by atoms with Gasteiger partial charge in [-0.2, -0.15) is 0 Å². The van der Waals surface area contributed by atoms with E-state index in [1.807, 2.05) is 6.07 Å². The van der Waals surface area contributed by atoms with E-state index >= 15 is 0 Å². The number of aromatic nitrogens is 1. The summed E-state index contributed by atoms with van der Waals surface area (Å²) >= 11 is 0. The van der Waals surface area contributed by atoms with Gasteiger partial charge in [0.1, 0.15) is 11.5 Å². The summed E-state index contributed by atoms with van der Waals surface area (Å²) in [6.07, 6.45) is 3.46. The van der Waals surface area contributed by atoms with E-state index in [4.69, 9.17) is 10.5 Å². The Hall–Kier alpha value is -2.40. The zero-order valence-electron chi connectivity index (χ0n) is 12.2. The molecule has 2 aromatic rings. The molecule has 1 aromatic carbocycles. The third kappa shape index (κ3) is 4.57. The van der Waals surface area contributed by atoms with Crippen molar-refractivity contribution in [3.63, 3.8) is 0 Å². The summed E-state index contributed by atoms with van der Waals surface area (Å²) in [4.78, 5) is 15.2. The second kappa shape index (κ2) is 6.85. The van der Waals surface area contributed by atoms with Gasteiger partial charge in [-0.15, -0.1) is 0 Å². The number of rotatable bonds is 6. The zero-order valence-corrected chi connectivity index (χ0v) is 12.2. The quantitative estimate of drug-likeness (QED) is 0.854. The number of benzene rings is 1. The molecule has 1 aromatic heterocycles. The SMILES string of the molecule is CC(C)NCc1cncc(Oc2ccc(C(N)=O)cc2)c1. The topological polar surface area (TPSA) is 77.2 Å². The molecule has 0 aliphatic heterocycles. The molecular weight excluding hydrogens is 266 g/mol. The van der Waals surface area contributed by atoms with Crippen molar-refractivity contribution in [2.24, 2.45) is 5.73 Å². The Morgan fingerprint density at radius 2 is 1.95 bits per heavy atom. The Labute approximate surface area is 124 Å². The average molecular weight is 285 g/mol. The van der Waals surface area contributed by atoms with Gasteiger partial charge in [-0.25, -0.2) is 0 Å². The van der Waals surface area contributed by atoms with Crippen molar-refractivity contribution < 1.29 is 9.53 Å². The lowest BCUT2D eigenvalue weighted by Crippen LogP contribution is -2.21. The molecule has 3 N–H and O–H groups in total. The molecule has 0 unspecified atom stereocenters. The van der Waals surface area contributed by atoms with Gasteiger partial charge in [-0.3, -0.25) is 9.78 Å². The molecule has 0 bridgehead atoms. The number of ether oxygens (including phenoxy) is 1. The molecule has 110 valence electrons. The molecule has 0 spiro atoms. The number of carbonyl (C=O) groups is 1. The number of pyridine rings is 1. The largest absolute Gasteiger partial charge is 0.456 e. The predicted molar refractivity (Wildman–Crippen MR) is 81.2 cm³/mol. The first-order chi connectivity index (χ1) is 10.0. The highest BCUT2D eigenvalue weighted by Gasteiger charge is 2.03. The Morgan fingerprint density at radius 3 is 2.57 bits per heavy atom. The molecule has 0 atom stereocenters. The number of nitrogens with two attached hydrogens (primary N) is 1. The zero-order chi connectivity index (χ0) is 15.2.